The zero-order chi connectivity index (χ0) is 18.1. The maximum atomic E-state index is 13.4. The van der Waals surface area contributed by atoms with Gasteiger partial charge >= 0.3 is 0 Å². The van der Waals surface area contributed by atoms with Crippen LogP contribution in [0.15, 0.2) is 41.9 Å². The smallest absolute Gasteiger partial charge is 0.252 e. The Kier molecular flexibility index (Phi) is 4.70. The number of halogens is 1. The quantitative estimate of drug-likeness (QED) is 0.764. The molecule has 4 nitrogen and oxygen atoms in total. The lowest BCUT2D eigenvalue weighted by Crippen LogP contribution is -2.44. The Morgan fingerprint density at radius 3 is 3.15 bits per heavy atom. The van der Waals surface area contributed by atoms with Gasteiger partial charge in [0.2, 0.25) is 0 Å². The highest BCUT2D eigenvalue weighted by atomic mass is 32.1. The fourth-order valence-corrected chi connectivity index (χ4v) is 4.23. The van der Waals surface area contributed by atoms with Crippen molar-refractivity contribution in [2.45, 2.75) is 25.9 Å². The Bertz CT molecular complexity index is 955. The van der Waals surface area contributed by atoms with Crippen LogP contribution >= 0.6 is 11.3 Å². The Morgan fingerprint density at radius 1 is 1.38 bits per heavy atom. The van der Waals surface area contributed by atoms with Crippen molar-refractivity contribution in [2.75, 3.05) is 13.1 Å². The van der Waals surface area contributed by atoms with Gasteiger partial charge in [-0.05, 0) is 54.6 Å². The topological polar surface area (TPSA) is 45.2 Å². The molecule has 0 spiro atoms. The van der Waals surface area contributed by atoms with Crippen LogP contribution in [0.3, 0.4) is 0 Å². The van der Waals surface area contributed by atoms with Crippen molar-refractivity contribution in [1.82, 2.24) is 15.2 Å². The average Bonchev–Trinajstić information content (AvgIpc) is 3.13. The number of amides is 1. The molecule has 0 radical (unpaired) electrons. The van der Waals surface area contributed by atoms with Gasteiger partial charge in [-0.25, -0.2) is 4.39 Å². The molecule has 1 atom stereocenters. The number of aromatic nitrogens is 1. The number of fused-ring (bicyclic) bond motifs is 2. The summed E-state index contributed by atoms with van der Waals surface area (Å²) in [5, 5.41) is 5.76. The van der Waals surface area contributed by atoms with Gasteiger partial charge in [0.05, 0.1) is 11.1 Å². The summed E-state index contributed by atoms with van der Waals surface area (Å²) in [6.45, 7) is 4.65. The van der Waals surface area contributed by atoms with Crippen LogP contribution in [-0.2, 0) is 13.0 Å². The molecule has 4 rings (SSSR count). The Morgan fingerprint density at radius 2 is 2.27 bits per heavy atom. The van der Waals surface area contributed by atoms with Crippen molar-refractivity contribution >= 4 is 28.1 Å². The van der Waals surface area contributed by atoms with Crippen LogP contribution in [0, 0.1) is 5.82 Å². The van der Waals surface area contributed by atoms with E-state index in [0.29, 0.717) is 23.0 Å². The summed E-state index contributed by atoms with van der Waals surface area (Å²) in [5.41, 5.74) is 2.53. The predicted octanol–water partition coefficient (Wildman–Crippen LogP) is 3.61. The second kappa shape index (κ2) is 7.13. The molecule has 26 heavy (non-hydrogen) atoms. The summed E-state index contributed by atoms with van der Waals surface area (Å²) in [6.07, 6.45) is 2.62. The van der Waals surface area contributed by atoms with Crippen molar-refractivity contribution in [2.24, 2.45) is 0 Å². The number of benzene rings is 1. The maximum Gasteiger partial charge on any atom is 0.252 e. The average molecular weight is 369 g/mol. The van der Waals surface area contributed by atoms with E-state index < -0.39 is 0 Å². The van der Waals surface area contributed by atoms with Crippen LogP contribution in [0.25, 0.3) is 10.9 Å². The number of pyridine rings is 1. The molecule has 0 saturated heterocycles. The first-order valence-electron chi connectivity index (χ1n) is 8.73. The number of rotatable bonds is 4. The first kappa shape index (κ1) is 17.1. The normalized spacial score (nSPS) is 15.6. The molecule has 0 aliphatic carbocycles. The van der Waals surface area contributed by atoms with Crippen LogP contribution in [0.2, 0.25) is 0 Å². The molecular formula is C20H20FN3OS. The van der Waals surface area contributed by atoms with Crippen molar-refractivity contribution in [3.05, 3.63) is 63.7 Å². The lowest BCUT2D eigenvalue weighted by atomic mass is 10.1. The third-order valence-electron chi connectivity index (χ3n) is 4.92. The summed E-state index contributed by atoms with van der Waals surface area (Å²) in [6, 6.07) is 8.50. The van der Waals surface area contributed by atoms with Gasteiger partial charge < -0.3 is 5.32 Å². The van der Waals surface area contributed by atoms with Gasteiger partial charge in [0.25, 0.3) is 5.91 Å². The van der Waals surface area contributed by atoms with E-state index in [1.54, 1.807) is 18.3 Å². The van der Waals surface area contributed by atoms with Gasteiger partial charge in [-0.1, -0.05) is 0 Å². The molecule has 1 amide bonds. The first-order chi connectivity index (χ1) is 12.6. The first-order valence-corrected chi connectivity index (χ1v) is 9.61. The fraction of sp³-hybridized carbons (Fsp3) is 0.300. The number of hydrogen-bond donors (Lipinski definition) is 1. The minimum atomic E-state index is -0.330. The van der Waals surface area contributed by atoms with Crippen LogP contribution in [0.4, 0.5) is 4.39 Å². The summed E-state index contributed by atoms with van der Waals surface area (Å²) in [4.78, 5) is 20.6. The summed E-state index contributed by atoms with van der Waals surface area (Å²) < 4.78 is 13.4. The van der Waals surface area contributed by atoms with Crippen molar-refractivity contribution in [1.29, 1.82) is 0 Å². The highest BCUT2D eigenvalue weighted by Gasteiger charge is 2.21. The molecule has 1 N–H and O–H groups in total. The van der Waals surface area contributed by atoms with E-state index in [1.165, 1.54) is 22.6 Å². The zero-order valence-electron chi connectivity index (χ0n) is 14.5. The lowest BCUT2D eigenvalue weighted by molar-refractivity contribution is 0.0932. The van der Waals surface area contributed by atoms with Crippen LogP contribution < -0.4 is 5.32 Å². The minimum Gasteiger partial charge on any atom is -0.350 e. The third-order valence-corrected chi connectivity index (χ3v) is 5.95. The second-order valence-electron chi connectivity index (χ2n) is 6.71. The van der Waals surface area contributed by atoms with Crippen molar-refractivity contribution in [3.63, 3.8) is 0 Å². The monoisotopic (exact) mass is 369 g/mol. The van der Waals surface area contributed by atoms with Gasteiger partial charge in [-0.15, -0.1) is 11.3 Å². The van der Waals surface area contributed by atoms with E-state index in [0.717, 1.165) is 19.5 Å². The number of hydrogen-bond acceptors (Lipinski definition) is 4. The van der Waals surface area contributed by atoms with E-state index in [-0.39, 0.29) is 17.8 Å². The van der Waals surface area contributed by atoms with E-state index in [1.807, 2.05) is 11.3 Å². The molecule has 134 valence electrons. The highest BCUT2D eigenvalue weighted by Crippen LogP contribution is 2.25. The number of nitrogens with one attached hydrogen (secondary N) is 1. The molecule has 1 aliphatic rings. The molecular weight excluding hydrogens is 349 g/mol. The van der Waals surface area contributed by atoms with Gasteiger partial charge in [0, 0.05) is 42.1 Å². The Labute approximate surface area is 155 Å². The van der Waals surface area contributed by atoms with Gasteiger partial charge in [0.1, 0.15) is 5.82 Å². The molecule has 2 aromatic heterocycles. The fourth-order valence-electron chi connectivity index (χ4n) is 3.34. The minimum absolute atomic E-state index is 0.177. The van der Waals surface area contributed by atoms with E-state index in [9.17, 15) is 9.18 Å². The van der Waals surface area contributed by atoms with E-state index in [4.69, 9.17) is 0 Å². The maximum absolute atomic E-state index is 13.4. The van der Waals surface area contributed by atoms with Crippen LogP contribution in [0.1, 0.15) is 27.7 Å². The second-order valence-corrected chi connectivity index (χ2v) is 7.71. The van der Waals surface area contributed by atoms with Gasteiger partial charge in [-0.2, -0.15) is 0 Å². The molecule has 0 fully saturated rings. The zero-order valence-corrected chi connectivity index (χ0v) is 15.4. The molecule has 6 heteroatoms. The molecule has 0 bridgehead atoms. The molecule has 1 aromatic carbocycles. The van der Waals surface area contributed by atoms with Crippen LogP contribution in [0.5, 0.6) is 0 Å². The SMILES string of the molecule is CC(CNC(=O)c1cnc2ccc(F)cc2c1)N1CCc2sccc2C1. The largest absolute Gasteiger partial charge is 0.350 e. The molecule has 1 unspecified atom stereocenters. The Balaban J connectivity index is 1.39. The van der Waals surface area contributed by atoms with E-state index in [2.05, 4.69) is 33.6 Å². The third kappa shape index (κ3) is 3.48. The molecule has 1 aliphatic heterocycles. The van der Waals surface area contributed by atoms with Crippen molar-refractivity contribution < 1.29 is 9.18 Å². The van der Waals surface area contributed by atoms with Gasteiger partial charge in [0.15, 0.2) is 0 Å². The summed E-state index contributed by atoms with van der Waals surface area (Å²) in [7, 11) is 0. The molecule has 3 aromatic rings. The predicted molar refractivity (Wildman–Crippen MR) is 102 cm³/mol. The number of thiophene rings is 1. The number of nitrogens with zero attached hydrogens (tertiary/aromatic N) is 2. The van der Waals surface area contributed by atoms with E-state index >= 15 is 0 Å². The Hall–Kier alpha value is -2.31. The number of carbonyl (C=O) groups excluding carboxylic acids is 1. The summed E-state index contributed by atoms with van der Waals surface area (Å²) in [5.74, 6) is -0.507. The summed E-state index contributed by atoms with van der Waals surface area (Å²) >= 11 is 1.83. The lowest BCUT2D eigenvalue weighted by Gasteiger charge is -2.32. The van der Waals surface area contributed by atoms with Gasteiger partial charge in [-0.3, -0.25) is 14.7 Å². The standard InChI is InChI=1S/C20H20FN3OS/c1-13(24-6-4-19-14(12-24)5-7-26-19)10-23-20(25)16-8-15-9-17(21)2-3-18(15)22-11-16/h2-3,5,7-9,11,13H,4,6,10,12H2,1H3,(H,23,25). The van der Waals surface area contributed by atoms with Crippen LogP contribution in [-0.4, -0.2) is 34.9 Å². The number of carbonyl (C=O) groups is 1. The highest BCUT2D eigenvalue weighted by molar-refractivity contribution is 7.10. The molecule has 3 heterocycles. The van der Waals surface area contributed by atoms with Crippen molar-refractivity contribution in [3.8, 4) is 0 Å². The molecule has 0 saturated carbocycles.